The van der Waals surface area contributed by atoms with E-state index in [1.165, 1.54) is 6.33 Å². The zero-order chi connectivity index (χ0) is 14.4. The van der Waals surface area contributed by atoms with Gasteiger partial charge in [-0.15, -0.1) is 0 Å². The molecule has 108 valence electrons. The van der Waals surface area contributed by atoms with Gasteiger partial charge in [-0.3, -0.25) is 0 Å². The van der Waals surface area contributed by atoms with Crippen LogP contribution in [0.25, 0.3) is 0 Å². The van der Waals surface area contributed by atoms with Crippen LogP contribution in [0, 0.1) is 0 Å². The lowest BCUT2D eigenvalue weighted by Crippen LogP contribution is -2.28. The van der Waals surface area contributed by atoms with E-state index < -0.39 is 18.6 Å². The van der Waals surface area contributed by atoms with Gasteiger partial charge in [-0.25, -0.2) is 0 Å². The van der Waals surface area contributed by atoms with Gasteiger partial charge in [0, 0.05) is 19.0 Å². The van der Waals surface area contributed by atoms with Crippen molar-refractivity contribution in [1.82, 2.24) is 15.5 Å². The summed E-state index contributed by atoms with van der Waals surface area (Å²) in [5.41, 5.74) is 0.607. The first-order valence-corrected chi connectivity index (χ1v) is 6.15. The van der Waals surface area contributed by atoms with Gasteiger partial charge in [0.25, 0.3) is 0 Å². The van der Waals surface area contributed by atoms with Crippen molar-refractivity contribution >= 4 is 0 Å². The molecule has 0 spiro atoms. The lowest BCUT2D eigenvalue weighted by molar-refractivity contribution is -0.140. The number of rotatable bonds is 6. The minimum atomic E-state index is -4.22. The van der Waals surface area contributed by atoms with Crippen molar-refractivity contribution in [3.63, 3.8) is 0 Å². The Hall–Kier alpha value is -1.89. The quantitative estimate of drug-likeness (QED) is 0.886. The number of halogens is 3. The summed E-state index contributed by atoms with van der Waals surface area (Å²) in [6, 6.07) is 7.79. The molecule has 2 rings (SSSR count). The molecule has 1 atom stereocenters. The highest BCUT2D eigenvalue weighted by atomic mass is 19.4. The number of aromatic nitrogens is 2. The predicted octanol–water partition coefficient (Wildman–Crippen LogP) is 2.90. The number of nitrogens with zero attached hydrogens (tertiary/aromatic N) is 2. The van der Waals surface area contributed by atoms with Crippen LogP contribution in [0.1, 0.15) is 23.9 Å². The average molecular weight is 285 g/mol. The maximum atomic E-state index is 12.6. The first-order chi connectivity index (χ1) is 9.54. The van der Waals surface area contributed by atoms with Crippen molar-refractivity contribution in [2.45, 2.75) is 25.1 Å². The van der Waals surface area contributed by atoms with Crippen LogP contribution in [0.4, 0.5) is 13.2 Å². The summed E-state index contributed by atoms with van der Waals surface area (Å²) in [4.78, 5) is 3.82. The highest BCUT2D eigenvalue weighted by Crippen LogP contribution is 2.29. The molecule has 1 unspecified atom stereocenters. The van der Waals surface area contributed by atoms with E-state index in [0.717, 1.165) is 0 Å². The predicted molar refractivity (Wildman–Crippen MR) is 65.9 cm³/mol. The maximum absolute atomic E-state index is 12.6. The van der Waals surface area contributed by atoms with Crippen LogP contribution in [-0.4, -0.2) is 22.9 Å². The van der Waals surface area contributed by atoms with Gasteiger partial charge in [0.05, 0.1) is 6.42 Å². The Balaban J connectivity index is 1.96. The number of hydrogen-bond donors (Lipinski definition) is 1. The van der Waals surface area contributed by atoms with Crippen LogP contribution in [0.5, 0.6) is 0 Å². The third-order valence-corrected chi connectivity index (χ3v) is 2.77. The first kappa shape index (κ1) is 14.5. The zero-order valence-corrected chi connectivity index (χ0v) is 10.6. The Kier molecular flexibility index (Phi) is 4.73. The Labute approximate surface area is 114 Å². The van der Waals surface area contributed by atoms with E-state index >= 15 is 0 Å². The summed E-state index contributed by atoms with van der Waals surface area (Å²) in [5.74, 6) is 0.399. The molecule has 0 amide bonds. The fourth-order valence-electron chi connectivity index (χ4n) is 1.88. The second-order valence-electron chi connectivity index (χ2n) is 4.32. The molecule has 0 saturated carbocycles. The van der Waals surface area contributed by atoms with Gasteiger partial charge in [0.1, 0.15) is 0 Å². The highest BCUT2D eigenvalue weighted by molar-refractivity contribution is 5.19. The Bertz CT molecular complexity index is 499. The van der Waals surface area contributed by atoms with Gasteiger partial charge in [0.15, 0.2) is 6.33 Å². The summed E-state index contributed by atoms with van der Waals surface area (Å²) in [6.45, 7) is 0.331. The second kappa shape index (κ2) is 6.51. The van der Waals surface area contributed by atoms with Gasteiger partial charge in [0.2, 0.25) is 5.89 Å². The van der Waals surface area contributed by atoms with Gasteiger partial charge < -0.3 is 9.84 Å². The van der Waals surface area contributed by atoms with Crippen molar-refractivity contribution in [2.24, 2.45) is 0 Å². The van der Waals surface area contributed by atoms with Crippen LogP contribution >= 0.6 is 0 Å². The highest BCUT2D eigenvalue weighted by Gasteiger charge is 2.32. The number of benzene rings is 1. The molecule has 0 radical (unpaired) electrons. The lowest BCUT2D eigenvalue weighted by atomic mass is 10.0. The molecule has 0 fully saturated rings. The zero-order valence-electron chi connectivity index (χ0n) is 10.6. The van der Waals surface area contributed by atoms with Gasteiger partial charge in [-0.2, -0.15) is 18.2 Å². The number of alkyl halides is 3. The standard InChI is InChI=1S/C13H14F3N3O/c14-13(15,16)8-11(10-4-2-1-3-5-10)17-7-6-12-18-9-19-20-12/h1-5,9,11,17H,6-8H2. The van der Waals surface area contributed by atoms with E-state index in [4.69, 9.17) is 4.52 Å². The minimum Gasteiger partial charge on any atom is -0.340 e. The molecule has 4 nitrogen and oxygen atoms in total. The summed E-state index contributed by atoms with van der Waals surface area (Å²) in [5, 5.41) is 6.33. The van der Waals surface area contributed by atoms with Crippen LogP contribution in [0.15, 0.2) is 41.2 Å². The van der Waals surface area contributed by atoms with Crippen LogP contribution in [-0.2, 0) is 6.42 Å². The van der Waals surface area contributed by atoms with Crippen molar-refractivity contribution in [3.05, 3.63) is 48.1 Å². The van der Waals surface area contributed by atoms with Crippen molar-refractivity contribution in [3.8, 4) is 0 Å². The largest absolute Gasteiger partial charge is 0.390 e. The number of nitrogens with one attached hydrogen (secondary N) is 1. The summed E-state index contributed by atoms with van der Waals surface area (Å²) in [6.07, 6.45) is -3.49. The SMILES string of the molecule is FC(F)(F)CC(NCCc1ncno1)c1ccccc1. The Morgan fingerprint density at radius 2 is 1.95 bits per heavy atom. The molecule has 1 aromatic heterocycles. The van der Waals surface area contributed by atoms with E-state index in [-0.39, 0.29) is 0 Å². The first-order valence-electron chi connectivity index (χ1n) is 6.15. The molecule has 0 aliphatic carbocycles. The van der Waals surface area contributed by atoms with E-state index in [1.807, 2.05) is 0 Å². The minimum absolute atomic E-state index is 0.331. The summed E-state index contributed by atoms with van der Waals surface area (Å²) in [7, 11) is 0. The third kappa shape index (κ3) is 4.65. The Morgan fingerprint density at radius 1 is 1.20 bits per heavy atom. The van der Waals surface area contributed by atoms with E-state index in [2.05, 4.69) is 15.5 Å². The monoisotopic (exact) mass is 285 g/mol. The topological polar surface area (TPSA) is 51.0 Å². The molecular formula is C13H14F3N3O. The molecule has 1 N–H and O–H groups in total. The molecule has 20 heavy (non-hydrogen) atoms. The second-order valence-corrected chi connectivity index (χ2v) is 4.32. The van der Waals surface area contributed by atoms with Crippen LogP contribution in [0.2, 0.25) is 0 Å². The van der Waals surface area contributed by atoms with Crippen LogP contribution < -0.4 is 5.32 Å². The normalized spacial score (nSPS) is 13.3. The molecule has 0 aliphatic heterocycles. The summed E-state index contributed by atoms with van der Waals surface area (Å²) < 4.78 is 42.6. The van der Waals surface area contributed by atoms with Crippen molar-refractivity contribution in [2.75, 3.05) is 6.54 Å². The fourth-order valence-corrected chi connectivity index (χ4v) is 1.88. The van der Waals surface area contributed by atoms with Crippen molar-refractivity contribution in [1.29, 1.82) is 0 Å². The molecule has 0 aliphatic rings. The lowest BCUT2D eigenvalue weighted by Gasteiger charge is -2.20. The fraction of sp³-hybridized carbons (Fsp3) is 0.385. The summed E-state index contributed by atoms with van der Waals surface area (Å²) >= 11 is 0. The molecule has 0 bridgehead atoms. The van der Waals surface area contributed by atoms with E-state index in [9.17, 15) is 13.2 Å². The van der Waals surface area contributed by atoms with Crippen LogP contribution in [0.3, 0.4) is 0 Å². The molecule has 7 heteroatoms. The third-order valence-electron chi connectivity index (χ3n) is 2.77. The van der Waals surface area contributed by atoms with Gasteiger partial charge >= 0.3 is 6.18 Å². The molecule has 1 heterocycles. The molecule has 2 aromatic rings. The average Bonchev–Trinajstić information content (AvgIpc) is 2.90. The number of hydrogen-bond acceptors (Lipinski definition) is 4. The maximum Gasteiger partial charge on any atom is 0.390 e. The van der Waals surface area contributed by atoms with E-state index in [0.29, 0.717) is 24.4 Å². The van der Waals surface area contributed by atoms with Gasteiger partial charge in [-0.1, -0.05) is 35.5 Å². The molecular weight excluding hydrogens is 271 g/mol. The van der Waals surface area contributed by atoms with Crippen molar-refractivity contribution < 1.29 is 17.7 Å². The molecule has 0 saturated heterocycles. The van der Waals surface area contributed by atoms with E-state index in [1.54, 1.807) is 30.3 Å². The van der Waals surface area contributed by atoms with Gasteiger partial charge in [-0.05, 0) is 5.56 Å². The Morgan fingerprint density at radius 3 is 2.55 bits per heavy atom. The molecule has 1 aromatic carbocycles. The smallest absolute Gasteiger partial charge is 0.340 e.